The van der Waals surface area contributed by atoms with Crippen LogP contribution in [0.5, 0.6) is 0 Å². The fourth-order valence-corrected chi connectivity index (χ4v) is 3.73. The fourth-order valence-electron chi connectivity index (χ4n) is 3.58. The zero-order valence-electron chi connectivity index (χ0n) is 17.8. The second-order valence-corrected chi connectivity index (χ2v) is 7.68. The first-order valence-corrected chi connectivity index (χ1v) is 10.6. The molecule has 0 unspecified atom stereocenters. The van der Waals surface area contributed by atoms with Crippen LogP contribution >= 0.6 is 11.6 Å². The molecule has 0 aliphatic carbocycles. The van der Waals surface area contributed by atoms with Crippen LogP contribution in [0.3, 0.4) is 0 Å². The highest BCUT2D eigenvalue weighted by Gasteiger charge is 2.34. The van der Waals surface area contributed by atoms with Gasteiger partial charge >= 0.3 is 6.03 Å². The number of nitrogens with zero attached hydrogens (tertiary/aromatic N) is 4. The number of nitrogens with one attached hydrogen (secondary N) is 1. The molecule has 0 bridgehead atoms. The largest absolute Gasteiger partial charge is 0.345 e. The average molecular weight is 479 g/mol. The van der Waals surface area contributed by atoms with Crippen molar-refractivity contribution in [3.63, 3.8) is 0 Å². The van der Waals surface area contributed by atoms with Gasteiger partial charge in [0, 0.05) is 42.6 Å². The molecule has 0 fully saturated rings. The monoisotopic (exact) mass is 478 g/mol. The van der Waals surface area contributed by atoms with Crippen LogP contribution in [0.15, 0.2) is 30.3 Å². The summed E-state index contributed by atoms with van der Waals surface area (Å²) in [5, 5.41) is 16.1. The molecule has 0 aromatic heterocycles. The van der Waals surface area contributed by atoms with Gasteiger partial charge in [0.05, 0.1) is 23.7 Å². The van der Waals surface area contributed by atoms with Gasteiger partial charge in [-0.15, -0.1) is 11.6 Å². The zero-order chi connectivity index (χ0) is 24.1. The van der Waals surface area contributed by atoms with E-state index in [-0.39, 0.29) is 30.3 Å². The quantitative estimate of drug-likeness (QED) is 0.172. The summed E-state index contributed by atoms with van der Waals surface area (Å²) in [5.41, 5.74) is 0.204. The van der Waals surface area contributed by atoms with Gasteiger partial charge in [0.15, 0.2) is 0 Å². The molecule has 176 valence electrons. The molecule has 13 heteroatoms. The van der Waals surface area contributed by atoms with Crippen LogP contribution in [-0.4, -0.2) is 76.9 Å². The number of halogens is 1. The van der Waals surface area contributed by atoms with E-state index >= 15 is 0 Å². The van der Waals surface area contributed by atoms with E-state index in [0.29, 0.717) is 35.8 Å². The Hall–Kier alpha value is -3.32. The molecule has 4 amide bonds. The van der Waals surface area contributed by atoms with Gasteiger partial charge in [0.2, 0.25) is 0 Å². The van der Waals surface area contributed by atoms with Gasteiger partial charge in [0.1, 0.15) is 0 Å². The Labute approximate surface area is 193 Å². The average Bonchev–Trinajstić information content (AvgIpc) is 2.81. The standard InChI is InChI=1S/C20H23ClN6O6/c1-24(20(30)26(33-22)9-6-21)8-3-7-23-12-25-18(28)15-5-2-4-13-10-14(27(31)32)11-16(17(13)15)19(25)29/h2,4-5,10-11,23H,3,6-9,12,22H2,1H3. The minimum Gasteiger partial charge on any atom is -0.326 e. The first-order chi connectivity index (χ1) is 15.8. The second-order valence-electron chi connectivity index (χ2n) is 7.30. The predicted octanol–water partition coefficient (Wildman–Crippen LogP) is 1.68. The van der Waals surface area contributed by atoms with Crippen molar-refractivity contribution < 1.29 is 24.2 Å². The molecule has 3 rings (SSSR count). The van der Waals surface area contributed by atoms with Crippen LogP contribution in [-0.2, 0) is 4.94 Å². The highest BCUT2D eigenvalue weighted by atomic mass is 35.5. The van der Waals surface area contributed by atoms with Crippen LogP contribution in [0.2, 0.25) is 0 Å². The smallest absolute Gasteiger partial charge is 0.326 e. The molecule has 0 radical (unpaired) electrons. The summed E-state index contributed by atoms with van der Waals surface area (Å²) in [4.78, 5) is 55.6. The number of alkyl halides is 1. The molecule has 12 nitrogen and oxygen atoms in total. The van der Waals surface area contributed by atoms with Gasteiger partial charge < -0.3 is 4.90 Å². The summed E-state index contributed by atoms with van der Waals surface area (Å²) < 4.78 is 0. The van der Waals surface area contributed by atoms with Crippen LogP contribution in [0, 0.1) is 10.1 Å². The molecule has 2 aromatic carbocycles. The van der Waals surface area contributed by atoms with Crippen molar-refractivity contribution in [3.05, 3.63) is 51.6 Å². The van der Waals surface area contributed by atoms with Gasteiger partial charge in [0.25, 0.3) is 17.5 Å². The van der Waals surface area contributed by atoms with E-state index in [9.17, 15) is 24.5 Å². The number of imide groups is 1. The Morgan fingerprint density at radius 3 is 2.64 bits per heavy atom. The molecule has 0 saturated heterocycles. The van der Waals surface area contributed by atoms with Crippen LogP contribution in [0.1, 0.15) is 27.1 Å². The summed E-state index contributed by atoms with van der Waals surface area (Å²) >= 11 is 5.60. The number of nitro groups is 1. The van der Waals surface area contributed by atoms with Gasteiger partial charge in [-0.3, -0.25) is 29.9 Å². The lowest BCUT2D eigenvalue weighted by molar-refractivity contribution is -0.384. The molecule has 1 heterocycles. The van der Waals surface area contributed by atoms with Gasteiger partial charge in [-0.1, -0.05) is 12.1 Å². The highest BCUT2D eigenvalue weighted by Crippen LogP contribution is 2.33. The van der Waals surface area contributed by atoms with Crippen molar-refractivity contribution in [3.8, 4) is 0 Å². The van der Waals surface area contributed by atoms with Gasteiger partial charge in [-0.2, -0.15) is 15.9 Å². The maximum Gasteiger partial charge on any atom is 0.345 e. The lowest BCUT2D eigenvalue weighted by Crippen LogP contribution is -2.46. The van der Waals surface area contributed by atoms with Crippen molar-refractivity contribution in [2.24, 2.45) is 5.90 Å². The summed E-state index contributed by atoms with van der Waals surface area (Å²) in [6.07, 6.45) is 0.509. The maximum absolute atomic E-state index is 13.0. The Balaban J connectivity index is 1.62. The number of hydroxylamine groups is 2. The van der Waals surface area contributed by atoms with E-state index in [1.807, 2.05) is 0 Å². The van der Waals surface area contributed by atoms with Crippen LogP contribution in [0.25, 0.3) is 10.8 Å². The molecule has 0 spiro atoms. The molecular weight excluding hydrogens is 456 g/mol. The van der Waals surface area contributed by atoms with E-state index < -0.39 is 22.8 Å². The molecular formula is C20H23ClN6O6. The lowest BCUT2D eigenvalue weighted by atomic mass is 9.93. The van der Waals surface area contributed by atoms with Crippen molar-refractivity contribution >= 4 is 45.9 Å². The summed E-state index contributed by atoms with van der Waals surface area (Å²) in [6.45, 7) is 0.785. The molecule has 0 saturated carbocycles. The number of benzene rings is 2. The minimum absolute atomic E-state index is 0.0852. The van der Waals surface area contributed by atoms with E-state index in [1.165, 1.54) is 17.0 Å². The van der Waals surface area contributed by atoms with Crippen molar-refractivity contribution in [2.75, 3.05) is 39.2 Å². The predicted molar refractivity (Wildman–Crippen MR) is 119 cm³/mol. The number of carbonyl (C=O) groups excluding carboxylic acids is 3. The Morgan fingerprint density at radius 2 is 1.97 bits per heavy atom. The third kappa shape index (κ3) is 5.03. The molecule has 3 N–H and O–H groups in total. The normalized spacial score (nSPS) is 12.9. The van der Waals surface area contributed by atoms with E-state index in [0.717, 1.165) is 9.96 Å². The maximum atomic E-state index is 13.0. The fraction of sp³-hybridized carbons (Fsp3) is 0.350. The van der Waals surface area contributed by atoms with E-state index in [4.69, 9.17) is 17.5 Å². The Bertz CT molecular complexity index is 1100. The number of amides is 4. The van der Waals surface area contributed by atoms with E-state index in [1.54, 1.807) is 25.2 Å². The third-order valence-electron chi connectivity index (χ3n) is 5.20. The van der Waals surface area contributed by atoms with E-state index in [2.05, 4.69) is 10.3 Å². The summed E-state index contributed by atoms with van der Waals surface area (Å²) in [6, 6.07) is 6.93. The first-order valence-electron chi connectivity index (χ1n) is 10.0. The molecule has 2 aromatic rings. The number of rotatable bonds is 10. The molecule has 33 heavy (non-hydrogen) atoms. The highest BCUT2D eigenvalue weighted by molar-refractivity contribution is 6.25. The number of carbonyl (C=O) groups is 3. The third-order valence-corrected chi connectivity index (χ3v) is 5.36. The SMILES string of the molecule is CN(CCCNCN1C(=O)c2cccc3cc([N+](=O)[O-])cc(c23)C1=O)C(=O)N(CCCl)ON. The van der Waals surface area contributed by atoms with Crippen LogP contribution in [0.4, 0.5) is 10.5 Å². The van der Waals surface area contributed by atoms with Gasteiger partial charge in [-0.25, -0.2) is 4.79 Å². The van der Waals surface area contributed by atoms with Crippen LogP contribution < -0.4 is 11.2 Å². The number of urea groups is 1. The zero-order valence-corrected chi connectivity index (χ0v) is 18.6. The lowest BCUT2D eigenvalue weighted by Gasteiger charge is -2.27. The Morgan fingerprint density at radius 1 is 1.24 bits per heavy atom. The topological polar surface area (TPSA) is 151 Å². The number of hydrogen-bond donors (Lipinski definition) is 2. The van der Waals surface area contributed by atoms with Crippen molar-refractivity contribution in [1.29, 1.82) is 0 Å². The summed E-state index contributed by atoms with van der Waals surface area (Å²) in [7, 11) is 1.57. The number of hydrogen-bond acceptors (Lipinski definition) is 8. The minimum atomic E-state index is -0.607. The Kier molecular flexibility index (Phi) is 7.76. The van der Waals surface area contributed by atoms with Crippen molar-refractivity contribution in [1.82, 2.24) is 20.2 Å². The second kappa shape index (κ2) is 10.5. The number of non-ortho nitro benzene ring substituents is 1. The molecule has 1 aliphatic heterocycles. The van der Waals surface area contributed by atoms with Gasteiger partial charge in [-0.05, 0) is 24.4 Å². The molecule has 0 atom stereocenters. The first kappa shape index (κ1) is 24.3. The summed E-state index contributed by atoms with van der Waals surface area (Å²) in [5.74, 6) is 4.14. The number of nitrogens with two attached hydrogens (primary N) is 1. The number of nitro benzene ring substituents is 1. The molecule has 1 aliphatic rings. The van der Waals surface area contributed by atoms with Crippen molar-refractivity contribution in [2.45, 2.75) is 6.42 Å².